The average molecular weight is 262 g/mol. The number of aryl methyl sites for hydroxylation is 1. The van der Waals surface area contributed by atoms with Crippen LogP contribution in [-0.2, 0) is 0 Å². The van der Waals surface area contributed by atoms with Gasteiger partial charge >= 0.3 is 0 Å². The second-order valence-electron chi connectivity index (χ2n) is 4.96. The Morgan fingerprint density at radius 3 is 2.47 bits per heavy atom. The largest absolute Gasteiger partial charge is 0.384 e. The van der Waals surface area contributed by atoms with Crippen molar-refractivity contribution in [2.45, 2.75) is 53.0 Å². The summed E-state index contributed by atoms with van der Waals surface area (Å²) in [6, 6.07) is 6.19. The number of carbonyl (C=O) groups excluding carboxylic acids is 1. The number of amides is 1. The van der Waals surface area contributed by atoms with Gasteiger partial charge in [-0.05, 0) is 43.9 Å². The molecule has 1 aromatic rings. The Labute approximate surface area is 116 Å². The molecule has 0 spiro atoms. The number of rotatable bonds is 7. The third-order valence-corrected chi connectivity index (χ3v) is 3.31. The standard InChI is InChI=1S/C16H26N2O/c1-5-10-17-15-11-12(4)8-9-14(15)16(19)18-13(6-2)7-3/h8-9,11,13,17H,5-7,10H2,1-4H3,(H,18,19). The minimum Gasteiger partial charge on any atom is -0.384 e. The molecule has 1 aromatic carbocycles. The van der Waals surface area contributed by atoms with E-state index >= 15 is 0 Å². The van der Waals surface area contributed by atoms with E-state index in [1.807, 2.05) is 25.1 Å². The summed E-state index contributed by atoms with van der Waals surface area (Å²) < 4.78 is 0. The van der Waals surface area contributed by atoms with Crippen LogP contribution in [0.5, 0.6) is 0 Å². The van der Waals surface area contributed by atoms with Gasteiger partial charge in [0.2, 0.25) is 0 Å². The summed E-state index contributed by atoms with van der Waals surface area (Å²) in [6.07, 6.45) is 2.97. The molecule has 0 radical (unpaired) electrons. The molecule has 3 nitrogen and oxygen atoms in total. The van der Waals surface area contributed by atoms with E-state index in [0.29, 0.717) is 0 Å². The van der Waals surface area contributed by atoms with Gasteiger partial charge in [-0.25, -0.2) is 0 Å². The summed E-state index contributed by atoms with van der Waals surface area (Å²) in [5, 5.41) is 6.42. The van der Waals surface area contributed by atoms with Gasteiger partial charge in [-0.3, -0.25) is 4.79 Å². The fourth-order valence-corrected chi connectivity index (χ4v) is 2.02. The molecule has 0 atom stereocenters. The molecule has 0 aliphatic carbocycles. The van der Waals surface area contributed by atoms with Crippen LogP contribution in [0.15, 0.2) is 18.2 Å². The molecule has 0 aromatic heterocycles. The predicted molar refractivity (Wildman–Crippen MR) is 81.8 cm³/mol. The Morgan fingerprint density at radius 2 is 1.89 bits per heavy atom. The Kier molecular flexibility index (Phi) is 6.40. The first-order chi connectivity index (χ1) is 9.12. The van der Waals surface area contributed by atoms with E-state index in [2.05, 4.69) is 31.4 Å². The van der Waals surface area contributed by atoms with Gasteiger partial charge < -0.3 is 10.6 Å². The first-order valence-electron chi connectivity index (χ1n) is 7.27. The van der Waals surface area contributed by atoms with Crippen molar-refractivity contribution >= 4 is 11.6 Å². The van der Waals surface area contributed by atoms with Crippen LogP contribution in [0, 0.1) is 6.92 Å². The Morgan fingerprint density at radius 1 is 1.21 bits per heavy atom. The van der Waals surface area contributed by atoms with Crippen molar-refractivity contribution in [1.29, 1.82) is 0 Å². The van der Waals surface area contributed by atoms with Crippen molar-refractivity contribution in [3.63, 3.8) is 0 Å². The second kappa shape index (κ2) is 7.82. The molecule has 3 heteroatoms. The molecular formula is C16H26N2O. The third kappa shape index (κ3) is 4.58. The van der Waals surface area contributed by atoms with Gasteiger partial charge in [-0.1, -0.05) is 26.8 Å². The summed E-state index contributed by atoms with van der Waals surface area (Å²) >= 11 is 0. The highest BCUT2D eigenvalue weighted by molar-refractivity contribution is 5.99. The zero-order chi connectivity index (χ0) is 14.3. The van der Waals surface area contributed by atoms with Gasteiger partial charge in [0.15, 0.2) is 0 Å². The molecule has 2 N–H and O–H groups in total. The molecule has 0 bridgehead atoms. The molecule has 0 saturated carbocycles. The third-order valence-electron chi connectivity index (χ3n) is 3.31. The van der Waals surface area contributed by atoms with E-state index in [9.17, 15) is 4.79 Å². The molecular weight excluding hydrogens is 236 g/mol. The van der Waals surface area contributed by atoms with Gasteiger partial charge in [-0.2, -0.15) is 0 Å². The van der Waals surface area contributed by atoms with Crippen LogP contribution in [0.1, 0.15) is 56.0 Å². The van der Waals surface area contributed by atoms with Gasteiger partial charge in [0.1, 0.15) is 0 Å². The van der Waals surface area contributed by atoms with Crippen LogP contribution >= 0.6 is 0 Å². The molecule has 1 rings (SSSR count). The van der Waals surface area contributed by atoms with E-state index in [1.165, 1.54) is 0 Å². The van der Waals surface area contributed by atoms with Gasteiger partial charge in [0, 0.05) is 18.3 Å². The number of hydrogen-bond donors (Lipinski definition) is 2. The van der Waals surface area contributed by atoms with Crippen molar-refractivity contribution in [2.24, 2.45) is 0 Å². The molecule has 0 unspecified atom stereocenters. The van der Waals surface area contributed by atoms with E-state index < -0.39 is 0 Å². The molecule has 19 heavy (non-hydrogen) atoms. The van der Waals surface area contributed by atoms with Crippen molar-refractivity contribution < 1.29 is 4.79 Å². The van der Waals surface area contributed by atoms with E-state index in [0.717, 1.165) is 42.6 Å². The average Bonchev–Trinajstić information content (AvgIpc) is 2.42. The van der Waals surface area contributed by atoms with Gasteiger partial charge in [0.05, 0.1) is 5.56 Å². The first kappa shape index (κ1) is 15.5. The lowest BCUT2D eigenvalue weighted by atomic mass is 10.1. The lowest BCUT2D eigenvalue weighted by molar-refractivity contribution is 0.0935. The minimum atomic E-state index is 0.0207. The molecule has 0 aliphatic heterocycles. The Hall–Kier alpha value is -1.51. The number of nitrogens with one attached hydrogen (secondary N) is 2. The lowest BCUT2D eigenvalue weighted by Gasteiger charge is -2.17. The van der Waals surface area contributed by atoms with Gasteiger partial charge in [0.25, 0.3) is 5.91 Å². The molecule has 0 heterocycles. The fraction of sp³-hybridized carbons (Fsp3) is 0.562. The van der Waals surface area contributed by atoms with Crippen LogP contribution in [0.3, 0.4) is 0 Å². The quantitative estimate of drug-likeness (QED) is 0.786. The number of hydrogen-bond acceptors (Lipinski definition) is 2. The summed E-state index contributed by atoms with van der Waals surface area (Å²) in [7, 11) is 0. The Bertz CT molecular complexity index is 411. The Balaban J connectivity index is 2.88. The fourth-order valence-electron chi connectivity index (χ4n) is 2.02. The van der Waals surface area contributed by atoms with Crippen LogP contribution in [0.2, 0.25) is 0 Å². The van der Waals surface area contributed by atoms with Crippen LogP contribution in [-0.4, -0.2) is 18.5 Å². The highest BCUT2D eigenvalue weighted by Gasteiger charge is 2.14. The van der Waals surface area contributed by atoms with E-state index in [1.54, 1.807) is 0 Å². The second-order valence-corrected chi connectivity index (χ2v) is 4.96. The maximum atomic E-state index is 12.3. The smallest absolute Gasteiger partial charge is 0.253 e. The van der Waals surface area contributed by atoms with Crippen LogP contribution in [0.25, 0.3) is 0 Å². The monoisotopic (exact) mass is 262 g/mol. The minimum absolute atomic E-state index is 0.0207. The van der Waals surface area contributed by atoms with Crippen LogP contribution in [0.4, 0.5) is 5.69 Å². The zero-order valence-electron chi connectivity index (χ0n) is 12.5. The summed E-state index contributed by atoms with van der Waals surface area (Å²) in [5.74, 6) is 0.0207. The molecule has 1 amide bonds. The van der Waals surface area contributed by atoms with Crippen molar-refractivity contribution in [2.75, 3.05) is 11.9 Å². The topological polar surface area (TPSA) is 41.1 Å². The maximum absolute atomic E-state index is 12.3. The lowest BCUT2D eigenvalue weighted by Crippen LogP contribution is -2.34. The van der Waals surface area contributed by atoms with Crippen molar-refractivity contribution in [3.8, 4) is 0 Å². The highest BCUT2D eigenvalue weighted by Crippen LogP contribution is 2.18. The summed E-state index contributed by atoms with van der Waals surface area (Å²) in [6.45, 7) is 9.24. The number of anilines is 1. The van der Waals surface area contributed by atoms with Gasteiger partial charge in [-0.15, -0.1) is 0 Å². The summed E-state index contributed by atoms with van der Waals surface area (Å²) in [4.78, 5) is 12.3. The van der Waals surface area contributed by atoms with Crippen LogP contribution < -0.4 is 10.6 Å². The summed E-state index contributed by atoms with van der Waals surface area (Å²) in [5.41, 5.74) is 2.84. The predicted octanol–water partition coefficient (Wildman–Crippen LogP) is 3.74. The normalized spacial score (nSPS) is 10.6. The highest BCUT2D eigenvalue weighted by atomic mass is 16.1. The molecule has 0 fully saturated rings. The molecule has 0 aliphatic rings. The number of benzene rings is 1. The van der Waals surface area contributed by atoms with Crippen molar-refractivity contribution in [3.05, 3.63) is 29.3 Å². The first-order valence-corrected chi connectivity index (χ1v) is 7.27. The SMILES string of the molecule is CCCNc1cc(C)ccc1C(=O)NC(CC)CC. The number of carbonyl (C=O) groups is 1. The molecule has 0 saturated heterocycles. The maximum Gasteiger partial charge on any atom is 0.253 e. The van der Waals surface area contributed by atoms with Crippen molar-refractivity contribution in [1.82, 2.24) is 5.32 Å². The van der Waals surface area contributed by atoms with E-state index in [-0.39, 0.29) is 11.9 Å². The zero-order valence-corrected chi connectivity index (χ0v) is 12.5. The van der Waals surface area contributed by atoms with E-state index in [4.69, 9.17) is 0 Å². The molecule has 106 valence electrons.